The second kappa shape index (κ2) is 6.57. The first-order chi connectivity index (χ1) is 9.85. The van der Waals surface area contributed by atoms with Gasteiger partial charge in [-0.1, -0.05) is 26.2 Å². The lowest BCUT2D eigenvalue weighted by atomic mass is 9.83. The van der Waals surface area contributed by atoms with Crippen molar-refractivity contribution >= 4 is 5.95 Å². The molecule has 112 valence electrons. The molecule has 0 radical (unpaired) electrons. The highest BCUT2D eigenvalue weighted by molar-refractivity contribution is 5.29. The molecule has 2 aliphatic rings. The maximum absolute atomic E-state index is 4.69. The van der Waals surface area contributed by atoms with Crippen LogP contribution in [0.1, 0.15) is 44.9 Å². The number of H-pyrrole nitrogens is 1. The van der Waals surface area contributed by atoms with Gasteiger partial charge in [-0.15, -0.1) is 5.10 Å². The van der Waals surface area contributed by atoms with Gasteiger partial charge in [0.15, 0.2) is 0 Å². The van der Waals surface area contributed by atoms with Crippen molar-refractivity contribution in [2.45, 2.75) is 45.4 Å². The lowest BCUT2D eigenvalue weighted by Crippen LogP contribution is -2.37. The Morgan fingerprint density at radius 1 is 1.20 bits per heavy atom. The topological polar surface area (TPSA) is 56.8 Å². The molecule has 1 aromatic heterocycles. The number of piperidine rings is 1. The molecule has 1 saturated heterocycles. The fourth-order valence-electron chi connectivity index (χ4n) is 3.17. The van der Waals surface area contributed by atoms with Crippen molar-refractivity contribution in [3.8, 4) is 0 Å². The average Bonchev–Trinajstić information content (AvgIpc) is 2.90. The number of hydrogen-bond donors (Lipinski definition) is 2. The molecule has 2 fully saturated rings. The van der Waals surface area contributed by atoms with Crippen LogP contribution in [0.15, 0.2) is 0 Å². The van der Waals surface area contributed by atoms with E-state index in [2.05, 4.69) is 32.3 Å². The van der Waals surface area contributed by atoms with E-state index < -0.39 is 0 Å². The summed E-state index contributed by atoms with van der Waals surface area (Å²) in [5.74, 6) is 3.67. The molecule has 1 saturated carbocycles. The van der Waals surface area contributed by atoms with E-state index in [4.69, 9.17) is 0 Å². The fraction of sp³-hybridized carbons (Fsp3) is 0.867. The van der Waals surface area contributed by atoms with E-state index in [0.717, 1.165) is 56.2 Å². The van der Waals surface area contributed by atoms with Crippen molar-refractivity contribution in [3.63, 3.8) is 0 Å². The van der Waals surface area contributed by atoms with Gasteiger partial charge in [0.25, 0.3) is 0 Å². The molecule has 1 aliphatic carbocycles. The van der Waals surface area contributed by atoms with Gasteiger partial charge in [0, 0.05) is 19.5 Å². The Morgan fingerprint density at radius 3 is 2.65 bits per heavy atom. The summed E-state index contributed by atoms with van der Waals surface area (Å²) < 4.78 is 0. The second-order valence-corrected chi connectivity index (χ2v) is 6.32. The zero-order valence-electron chi connectivity index (χ0n) is 12.6. The minimum Gasteiger partial charge on any atom is -0.340 e. The van der Waals surface area contributed by atoms with Crippen LogP contribution in [-0.2, 0) is 6.42 Å². The Morgan fingerprint density at radius 2 is 2.00 bits per heavy atom. The van der Waals surface area contributed by atoms with E-state index in [0.29, 0.717) is 0 Å². The Kier molecular flexibility index (Phi) is 4.55. The normalized spacial score (nSPS) is 21.1. The van der Waals surface area contributed by atoms with Gasteiger partial charge in [0.1, 0.15) is 5.82 Å². The summed E-state index contributed by atoms with van der Waals surface area (Å²) >= 11 is 0. The quantitative estimate of drug-likeness (QED) is 0.835. The monoisotopic (exact) mass is 277 g/mol. The molecule has 0 amide bonds. The maximum Gasteiger partial charge on any atom is 0.244 e. The number of anilines is 1. The Balaban J connectivity index is 1.47. The number of aromatic amines is 1. The highest BCUT2D eigenvalue weighted by Crippen LogP contribution is 2.29. The van der Waals surface area contributed by atoms with Gasteiger partial charge >= 0.3 is 0 Å². The number of hydrogen-bond acceptors (Lipinski definition) is 4. The molecule has 5 heteroatoms. The number of aromatic nitrogens is 3. The van der Waals surface area contributed by atoms with Crippen molar-refractivity contribution in [2.75, 3.05) is 31.1 Å². The Bertz CT molecular complexity index is 404. The van der Waals surface area contributed by atoms with E-state index >= 15 is 0 Å². The van der Waals surface area contributed by atoms with Gasteiger partial charge in [0.2, 0.25) is 5.95 Å². The highest BCUT2D eigenvalue weighted by atomic mass is 15.4. The molecule has 0 unspecified atom stereocenters. The van der Waals surface area contributed by atoms with Crippen LogP contribution >= 0.6 is 0 Å². The van der Waals surface area contributed by atoms with E-state index in [9.17, 15) is 0 Å². The van der Waals surface area contributed by atoms with E-state index in [-0.39, 0.29) is 0 Å². The number of rotatable bonds is 6. The molecule has 2 heterocycles. The van der Waals surface area contributed by atoms with Crippen molar-refractivity contribution in [2.24, 2.45) is 11.8 Å². The molecule has 0 bridgehead atoms. The van der Waals surface area contributed by atoms with Gasteiger partial charge in [-0.3, -0.25) is 5.10 Å². The van der Waals surface area contributed by atoms with E-state index in [1.807, 2.05) is 0 Å². The van der Waals surface area contributed by atoms with Crippen molar-refractivity contribution in [1.29, 1.82) is 0 Å². The van der Waals surface area contributed by atoms with Crippen LogP contribution in [-0.4, -0.2) is 41.4 Å². The summed E-state index contributed by atoms with van der Waals surface area (Å²) in [5.41, 5.74) is 0. The number of nitrogens with one attached hydrogen (secondary N) is 2. The van der Waals surface area contributed by atoms with Gasteiger partial charge in [-0.25, -0.2) is 0 Å². The van der Waals surface area contributed by atoms with Gasteiger partial charge in [0.05, 0.1) is 0 Å². The third-order valence-corrected chi connectivity index (χ3v) is 4.81. The van der Waals surface area contributed by atoms with Crippen molar-refractivity contribution in [1.82, 2.24) is 20.5 Å². The van der Waals surface area contributed by atoms with Crippen LogP contribution in [0.3, 0.4) is 0 Å². The molecule has 5 nitrogen and oxygen atoms in total. The Hall–Kier alpha value is -1.10. The zero-order chi connectivity index (χ0) is 13.8. The van der Waals surface area contributed by atoms with Crippen molar-refractivity contribution < 1.29 is 0 Å². The smallest absolute Gasteiger partial charge is 0.244 e. The van der Waals surface area contributed by atoms with Crippen LogP contribution in [0.5, 0.6) is 0 Å². The SMILES string of the molecule is CCNCC1CCN(c2n[nH]c(CC3CCC3)n2)CC1. The van der Waals surface area contributed by atoms with Crippen LogP contribution in [0.2, 0.25) is 0 Å². The molecule has 1 aromatic rings. The number of nitrogens with zero attached hydrogens (tertiary/aromatic N) is 3. The molecule has 2 N–H and O–H groups in total. The van der Waals surface area contributed by atoms with Gasteiger partial charge in [-0.05, 0) is 37.8 Å². The molecular formula is C15H27N5. The molecule has 0 spiro atoms. The lowest BCUT2D eigenvalue weighted by Gasteiger charge is -2.31. The lowest BCUT2D eigenvalue weighted by molar-refractivity contribution is 0.309. The predicted octanol–water partition coefficient (Wildman–Crippen LogP) is 1.97. The first-order valence-corrected chi connectivity index (χ1v) is 8.22. The van der Waals surface area contributed by atoms with Crippen LogP contribution in [0.4, 0.5) is 5.95 Å². The van der Waals surface area contributed by atoms with E-state index in [1.165, 1.54) is 32.1 Å². The second-order valence-electron chi connectivity index (χ2n) is 6.32. The predicted molar refractivity (Wildman–Crippen MR) is 80.9 cm³/mol. The maximum atomic E-state index is 4.69. The largest absolute Gasteiger partial charge is 0.340 e. The van der Waals surface area contributed by atoms with Gasteiger partial charge in [-0.2, -0.15) is 4.98 Å². The third-order valence-electron chi connectivity index (χ3n) is 4.81. The minimum absolute atomic E-state index is 0.819. The molecule has 20 heavy (non-hydrogen) atoms. The molecule has 0 atom stereocenters. The van der Waals surface area contributed by atoms with Crippen LogP contribution < -0.4 is 10.2 Å². The van der Waals surface area contributed by atoms with Crippen molar-refractivity contribution in [3.05, 3.63) is 5.82 Å². The fourth-order valence-corrected chi connectivity index (χ4v) is 3.17. The summed E-state index contributed by atoms with van der Waals surface area (Å²) in [5, 5.41) is 11.0. The molecular weight excluding hydrogens is 250 g/mol. The first-order valence-electron chi connectivity index (χ1n) is 8.22. The highest BCUT2D eigenvalue weighted by Gasteiger charge is 2.23. The Labute approximate surface area is 121 Å². The standard InChI is InChI=1S/C15H27N5/c1-2-16-11-13-6-8-20(9-7-13)15-17-14(18-19-15)10-12-4-3-5-12/h12-13,16H,2-11H2,1H3,(H,17,18,19). The molecule has 0 aromatic carbocycles. The van der Waals surface area contributed by atoms with Crippen LogP contribution in [0.25, 0.3) is 0 Å². The average molecular weight is 277 g/mol. The minimum atomic E-state index is 0.819. The summed E-state index contributed by atoms with van der Waals surface area (Å²) in [7, 11) is 0. The summed E-state index contributed by atoms with van der Waals surface area (Å²) in [4.78, 5) is 7.02. The molecule has 3 rings (SSSR count). The zero-order valence-corrected chi connectivity index (χ0v) is 12.6. The summed E-state index contributed by atoms with van der Waals surface area (Å²) in [6.45, 7) is 6.59. The summed E-state index contributed by atoms with van der Waals surface area (Å²) in [6.07, 6.45) is 7.71. The summed E-state index contributed by atoms with van der Waals surface area (Å²) in [6, 6.07) is 0. The molecule has 1 aliphatic heterocycles. The van der Waals surface area contributed by atoms with E-state index in [1.54, 1.807) is 0 Å². The van der Waals surface area contributed by atoms with Crippen LogP contribution in [0, 0.1) is 11.8 Å². The third kappa shape index (κ3) is 3.32. The first kappa shape index (κ1) is 13.9. The van der Waals surface area contributed by atoms with Gasteiger partial charge < -0.3 is 10.2 Å².